The minimum absolute atomic E-state index is 0.182. The van der Waals surface area contributed by atoms with Crippen molar-refractivity contribution in [3.8, 4) is 0 Å². The summed E-state index contributed by atoms with van der Waals surface area (Å²) in [6.45, 7) is 2.78. The first-order chi connectivity index (χ1) is 9.52. The lowest BCUT2D eigenvalue weighted by molar-refractivity contribution is -0.0103. The van der Waals surface area contributed by atoms with E-state index in [1.807, 2.05) is 18.2 Å². The van der Waals surface area contributed by atoms with Crippen LogP contribution in [-0.2, 0) is 0 Å². The van der Waals surface area contributed by atoms with Gasteiger partial charge >= 0.3 is 0 Å². The van der Waals surface area contributed by atoms with Gasteiger partial charge in [0.1, 0.15) is 0 Å². The van der Waals surface area contributed by atoms with E-state index in [1.165, 1.54) is 19.3 Å². The smallest absolute Gasteiger partial charge is 0.0858 e. The molecule has 1 saturated carbocycles. The molecule has 1 atom stereocenters. The molecule has 112 valence electrons. The molecule has 0 saturated heterocycles. The summed E-state index contributed by atoms with van der Waals surface area (Å²) < 4.78 is 0.824. The zero-order valence-electron chi connectivity index (χ0n) is 11.9. The number of halogens is 2. The van der Waals surface area contributed by atoms with Crippen LogP contribution >= 0.6 is 27.5 Å². The third-order valence-electron chi connectivity index (χ3n) is 4.92. The van der Waals surface area contributed by atoms with Crippen molar-refractivity contribution in [2.24, 2.45) is 17.1 Å². The molecule has 0 heterocycles. The molecule has 1 unspecified atom stereocenters. The van der Waals surface area contributed by atoms with E-state index < -0.39 is 6.10 Å². The SMILES string of the molecule is CCC1CCC(CN)(C(O)c2ccc(Cl)c(Br)c2)CC1. The van der Waals surface area contributed by atoms with Crippen LogP contribution in [0.2, 0.25) is 5.02 Å². The molecule has 1 aliphatic carbocycles. The normalized spacial score (nSPS) is 28.4. The fourth-order valence-electron chi connectivity index (χ4n) is 3.29. The fourth-order valence-corrected chi connectivity index (χ4v) is 3.80. The van der Waals surface area contributed by atoms with Gasteiger partial charge in [0, 0.05) is 16.4 Å². The maximum Gasteiger partial charge on any atom is 0.0858 e. The van der Waals surface area contributed by atoms with E-state index in [-0.39, 0.29) is 5.41 Å². The van der Waals surface area contributed by atoms with Crippen LogP contribution in [0.1, 0.15) is 50.7 Å². The highest BCUT2D eigenvalue weighted by Crippen LogP contribution is 2.48. The van der Waals surface area contributed by atoms with Gasteiger partial charge in [0.15, 0.2) is 0 Å². The molecule has 0 amide bonds. The molecule has 0 bridgehead atoms. The molecule has 0 spiro atoms. The lowest BCUT2D eigenvalue weighted by Crippen LogP contribution is -2.40. The van der Waals surface area contributed by atoms with Crippen molar-refractivity contribution in [1.29, 1.82) is 0 Å². The third-order valence-corrected chi connectivity index (χ3v) is 6.14. The fraction of sp³-hybridized carbons (Fsp3) is 0.625. The van der Waals surface area contributed by atoms with Gasteiger partial charge in [-0.3, -0.25) is 0 Å². The Morgan fingerprint density at radius 1 is 1.45 bits per heavy atom. The predicted octanol–water partition coefficient (Wildman–Crippen LogP) is 4.68. The lowest BCUT2D eigenvalue weighted by Gasteiger charge is -2.43. The Kier molecular flexibility index (Phi) is 5.52. The molecule has 1 aliphatic rings. The number of benzene rings is 1. The molecule has 3 N–H and O–H groups in total. The minimum Gasteiger partial charge on any atom is -0.388 e. The summed E-state index contributed by atoms with van der Waals surface area (Å²) in [5.74, 6) is 0.791. The van der Waals surface area contributed by atoms with Gasteiger partial charge in [-0.05, 0) is 65.2 Å². The number of aliphatic hydroxyl groups is 1. The molecule has 1 aromatic rings. The van der Waals surface area contributed by atoms with Crippen molar-refractivity contribution in [1.82, 2.24) is 0 Å². The molecule has 2 nitrogen and oxygen atoms in total. The van der Waals surface area contributed by atoms with E-state index >= 15 is 0 Å². The predicted molar refractivity (Wildman–Crippen MR) is 87.8 cm³/mol. The van der Waals surface area contributed by atoms with Gasteiger partial charge in [-0.1, -0.05) is 31.0 Å². The van der Waals surface area contributed by atoms with Crippen molar-refractivity contribution in [2.45, 2.75) is 45.1 Å². The average molecular weight is 361 g/mol. The van der Waals surface area contributed by atoms with Crippen molar-refractivity contribution < 1.29 is 5.11 Å². The summed E-state index contributed by atoms with van der Waals surface area (Å²) in [5, 5.41) is 11.5. The van der Waals surface area contributed by atoms with Crippen LogP contribution < -0.4 is 5.73 Å². The van der Waals surface area contributed by atoms with Crippen LogP contribution in [0, 0.1) is 11.3 Å². The summed E-state index contributed by atoms with van der Waals surface area (Å²) in [7, 11) is 0. The molecule has 0 radical (unpaired) electrons. The Labute approximate surface area is 134 Å². The number of hydrogen-bond donors (Lipinski definition) is 2. The second-order valence-corrected chi connectivity index (χ2v) is 7.26. The molecule has 0 aromatic heterocycles. The molecular formula is C16H23BrClNO. The molecule has 0 aliphatic heterocycles. The topological polar surface area (TPSA) is 46.2 Å². The number of hydrogen-bond acceptors (Lipinski definition) is 2. The van der Waals surface area contributed by atoms with E-state index in [9.17, 15) is 5.11 Å². The largest absolute Gasteiger partial charge is 0.388 e. The van der Waals surface area contributed by atoms with Gasteiger partial charge in [-0.2, -0.15) is 0 Å². The maximum absolute atomic E-state index is 10.8. The van der Waals surface area contributed by atoms with Gasteiger partial charge in [-0.25, -0.2) is 0 Å². The summed E-state index contributed by atoms with van der Waals surface area (Å²) in [5.41, 5.74) is 6.76. The molecule has 1 fully saturated rings. The molecular weight excluding hydrogens is 338 g/mol. The van der Waals surface area contributed by atoms with E-state index in [0.717, 1.165) is 28.8 Å². The summed E-state index contributed by atoms with van der Waals surface area (Å²) in [6.07, 6.45) is 5.05. The van der Waals surface area contributed by atoms with Gasteiger partial charge in [0.25, 0.3) is 0 Å². The summed E-state index contributed by atoms with van der Waals surface area (Å²) in [6, 6.07) is 5.64. The van der Waals surface area contributed by atoms with Crippen molar-refractivity contribution >= 4 is 27.5 Å². The Balaban J connectivity index is 2.20. The molecule has 2 rings (SSSR count). The lowest BCUT2D eigenvalue weighted by atomic mass is 9.65. The van der Waals surface area contributed by atoms with Crippen molar-refractivity contribution in [3.63, 3.8) is 0 Å². The Bertz CT molecular complexity index is 458. The standard InChI is InChI=1S/C16H23BrClNO/c1-2-11-5-7-16(10-19,8-6-11)15(20)12-3-4-14(18)13(17)9-12/h3-4,9,11,15,20H,2,5-8,10,19H2,1H3. The van der Waals surface area contributed by atoms with E-state index in [0.29, 0.717) is 11.6 Å². The first kappa shape index (κ1) is 16.3. The Morgan fingerprint density at radius 3 is 2.60 bits per heavy atom. The van der Waals surface area contributed by atoms with Crippen LogP contribution in [0.15, 0.2) is 22.7 Å². The monoisotopic (exact) mass is 359 g/mol. The summed E-state index contributed by atoms with van der Waals surface area (Å²) in [4.78, 5) is 0. The summed E-state index contributed by atoms with van der Waals surface area (Å²) >= 11 is 9.45. The van der Waals surface area contributed by atoms with Gasteiger partial charge in [-0.15, -0.1) is 0 Å². The highest BCUT2D eigenvalue weighted by Gasteiger charge is 2.40. The van der Waals surface area contributed by atoms with Crippen LogP contribution in [0.5, 0.6) is 0 Å². The third kappa shape index (κ3) is 3.22. The second-order valence-electron chi connectivity index (χ2n) is 5.99. The molecule has 1 aromatic carbocycles. The average Bonchev–Trinajstić information content (AvgIpc) is 2.49. The zero-order valence-corrected chi connectivity index (χ0v) is 14.3. The van der Waals surface area contributed by atoms with Crippen LogP contribution in [-0.4, -0.2) is 11.7 Å². The van der Waals surface area contributed by atoms with Crippen LogP contribution in [0.4, 0.5) is 0 Å². The number of nitrogens with two attached hydrogens (primary N) is 1. The first-order valence-corrected chi connectivity index (χ1v) is 8.52. The van der Waals surface area contributed by atoms with E-state index in [1.54, 1.807) is 0 Å². The number of rotatable bonds is 4. The maximum atomic E-state index is 10.8. The molecule has 20 heavy (non-hydrogen) atoms. The quantitative estimate of drug-likeness (QED) is 0.819. The highest BCUT2D eigenvalue weighted by molar-refractivity contribution is 9.10. The zero-order chi connectivity index (χ0) is 14.8. The van der Waals surface area contributed by atoms with Gasteiger partial charge in [0.05, 0.1) is 11.1 Å². The number of aliphatic hydroxyl groups excluding tert-OH is 1. The Morgan fingerprint density at radius 2 is 2.10 bits per heavy atom. The Hall–Kier alpha value is -0.0900. The van der Waals surface area contributed by atoms with Crippen molar-refractivity contribution in [3.05, 3.63) is 33.3 Å². The first-order valence-electron chi connectivity index (χ1n) is 7.35. The van der Waals surface area contributed by atoms with Gasteiger partial charge in [0.2, 0.25) is 0 Å². The van der Waals surface area contributed by atoms with Crippen LogP contribution in [0.3, 0.4) is 0 Å². The van der Waals surface area contributed by atoms with E-state index in [4.69, 9.17) is 17.3 Å². The van der Waals surface area contributed by atoms with Crippen LogP contribution in [0.25, 0.3) is 0 Å². The van der Waals surface area contributed by atoms with Gasteiger partial charge < -0.3 is 10.8 Å². The van der Waals surface area contributed by atoms with E-state index in [2.05, 4.69) is 22.9 Å². The highest BCUT2D eigenvalue weighted by atomic mass is 79.9. The second kappa shape index (κ2) is 6.78. The molecule has 4 heteroatoms. The minimum atomic E-state index is -0.515. The van der Waals surface area contributed by atoms with Crippen molar-refractivity contribution in [2.75, 3.05) is 6.54 Å².